The van der Waals surface area contributed by atoms with Gasteiger partial charge in [-0.15, -0.1) is 11.3 Å². The molecule has 0 aliphatic heterocycles. The summed E-state index contributed by atoms with van der Waals surface area (Å²) >= 11 is 1.09. The van der Waals surface area contributed by atoms with Gasteiger partial charge in [-0.3, -0.25) is 4.79 Å². The number of nitrogens with zero attached hydrogens (tertiary/aromatic N) is 1. The Morgan fingerprint density at radius 2 is 1.91 bits per heavy atom. The molecule has 0 aromatic carbocycles. The summed E-state index contributed by atoms with van der Waals surface area (Å²) in [6, 6.07) is 1.53. The number of carbonyl (C=O) groups is 1. The summed E-state index contributed by atoms with van der Waals surface area (Å²) in [6.07, 6.45) is 7.51. The van der Waals surface area contributed by atoms with Crippen molar-refractivity contribution < 1.29 is 13.2 Å². The zero-order valence-corrected chi connectivity index (χ0v) is 14.2. The van der Waals surface area contributed by atoms with E-state index in [-0.39, 0.29) is 15.8 Å². The number of sulfonamides is 1. The van der Waals surface area contributed by atoms with Crippen molar-refractivity contribution in [3.05, 3.63) is 17.0 Å². The van der Waals surface area contributed by atoms with Crippen molar-refractivity contribution in [3.8, 4) is 0 Å². The largest absolute Gasteiger partial charge is 0.366 e. The highest BCUT2D eigenvalue weighted by atomic mass is 32.2. The third-order valence-electron chi connectivity index (χ3n) is 4.54. The molecular weight excluding hydrogens is 320 g/mol. The van der Waals surface area contributed by atoms with Crippen LogP contribution >= 0.6 is 11.3 Å². The summed E-state index contributed by atoms with van der Waals surface area (Å²) in [5.41, 5.74) is 5.52. The van der Waals surface area contributed by atoms with Gasteiger partial charge in [-0.05, 0) is 37.7 Å². The summed E-state index contributed by atoms with van der Waals surface area (Å²) in [7, 11) is -3.52. The van der Waals surface area contributed by atoms with Gasteiger partial charge in [-0.25, -0.2) is 8.42 Å². The predicted octanol–water partition coefficient (Wildman–Crippen LogP) is 2.58. The van der Waals surface area contributed by atoms with Crippen molar-refractivity contribution in [1.29, 1.82) is 0 Å². The maximum Gasteiger partial charge on any atom is 0.252 e. The second-order valence-corrected chi connectivity index (χ2v) is 9.36. The van der Waals surface area contributed by atoms with E-state index in [1.807, 2.05) is 0 Å². The summed E-state index contributed by atoms with van der Waals surface area (Å²) < 4.78 is 28.0. The van der Waals surface area contributed by atoms with E-state index in [2.05, 4.69) is 0 Å². The molecule has 0 saturated heterocycles. The SMILES string of the molecule is NC(=O)c1csc(S(=O)(=O)N(CC2CC2)C2CCCCC2)c1. The van der Waals surface area contributed by atoms with Gasteiger partial charge >= 0.3 is 0 Å². The van der Waals surface area contributed by atoms with Crippen LogP contribution in [0.3, 0.4) is 0 Å². The van der Waals surface area contributed by atoms with Gasteiger partial charge in [0.25, 0.3) is 10.0 Å². The molecule has 0 unspecified atom stereocenters. The molecule has 2 aliphatic rings. The third-order valence-corrected chi connectivity index (χ3v) is 7.87. The minimum atomic E-state index is -3.52. The molecule has 122 valence electrons. The molecule has 2 aliphatic carbocycles. The summed E-state index contributed by atoms with van der Waals surface area (Å²) in [4.78, 5) is 11.2. The van der Waals surface area contributed by atoms with E-state index in [4.69, 9.17) is 5.73 Å². The van der Waals surface area contributed by atoms with Gasteiger partial charge in [-0.2, -0.15) is 4.31 Å². The lowest BCUT2D eigenvalue weighted by atomic mass is 9.95. The highest BCUT2D eigenvalue weighted by Crippen LogP contribution is 2.36. The Hall–Kier alpha value is -0.920. The average Bonchev–Trinajstić information content (AvgIpc) is 3.17. The first kappa shape index (κ1) is 16.0. The molecule has 1 heterocycles. The Kier molecular flexibility index (Phi) is 4.56. The van der Waals surface area contributed by atoms with Gasteiger partial charge in [0, 0.05) is 18.0 Å². The predicted molar refractivity (Wildman–Crippen MR) is 86.3 cm³/mol. The molecule has 2 N–H and O–H groups in total. The van der Waals surface area contributed by atoms with Crippen LogP contribution in [-0.4, -0.2) is 31.2 Å². The standard InChI is InChI=1S/C15H22N2O3S2/c16-15(18)12-8-14(21-10-12)22(19,20)17(9-11-6-7-11)13-4-2-1-3-5-13/h8,10-11,13H,1-7,9H2,(H2,16,18). The molecule has 0 atom stereocenters. The Balaban J connectivity index is 1.87. The molecule has 1 amide bonds. The van der Waals surface area contributed by atoms with Crippen LogP contribution in [0.2, 0.25) is 0 Å². The van der Waals surface area contributed by atoms with Crippen molar-refractivity contribution in [2.45, 2.75) is 55.2 Å². The highest BCUT2D eigenvalue weighted by Gasteiger charge is 2.37. The van der Waals surface area contributed by atoms with E-state index in [1.54, 1.807) is 4.31 Å². The van der Waals surface area contributed by atoms with Gasteiger partial charge < -0.3 is 5.73 Å². The molecule has 7 heteroatoms. The molecule has 5 nitrogen and oxygen atoms in total. The molecule has 1 aromatic heterocycles. The van der Waals surface area contributed by atoms with Crippen LogP contribution in [-0.2, 0) is 10.0 Å². The fraction of sp³-hybridized carbons (Fsp3) is 0.667. The van der Waals surface area contributed by atoms with E-state index in [9.17, 15) is 13.2 Å². The number of rotatable bonds is 6. The van der Waals surface area contributed by atoms with Crippen LogP contribution in [0.25, 0.3) is 0 Å². The van der Waals surface area contributed by atoms with Gasteiger partial charge in [0.2, 0.25) is 5.91 Å². The molecule has 22 heavy (non-hydrogen) atoms. The molecule has 3 rings (SSSR count). The molecule has 0 radical (unpaired) electrons. The zero-order valence-electron chi connectivity index (χ0n) is 12.5. The van der Waals surface area contributed by atoms with E-state index >= 15 is 0 Å². The Morgan fingerprint density at radius 3 is 2.45 bits per heavy atom. The molecule has 2 saturated carbocycles. The molecule has 0 bridgehead atoms. The summed E-state index contributed by atoms with van der Waals surface area (Å²) in [5, 5.41) is 1.53. The number of carbonyl (C=O) groups excluding carboxylic acids is 1. The van der Waals surface area contributed by atoms with Crippen LogP contribution in [0, 0.1) is 5.92 Å². The van der Waals surface area contributed by atoms with Crippen molar-refractivity contribution in [1.82, 2.24) is 4.31 Å². The average molecular weight is 342 g/mol. The van der Waals surface area contributed by atoms with E-state index < -0.39 is 15.9 Å². The normalized spacial score (nSPS) is 20.4. The topological polar surface area (TPSA) is 80.5 Å². The van der Waals surface area contributed by atoms with Crippen molar-refractivity contribution in [2.75, 3.05) is 6.54 Å². The maximum atomic E-state index is 13.0. The van der Waals surface area contributed by atoms with Crippen LogP contribution in [0.4, 0.5) is 0 Å². The molecule has 1 aromatic rings. The summed E-state index contributed by atoms with van der Waals surface area (Å²) in [6.45, 7) is 0.622. The Bertz CT molecular complexity index is 643. The number of amides is 1. The minimum Gasteiger partial charge on any atom is -0.366 e. The zero-order chi connectivity index (χ0) is 15.7. The fourth-order valence-electron chi connectivity index (χ4n) is 3.06. The van der Waals surface area contributed by atoms with E-state index in [0.29, 0.717) is 12.5 Å². The monoisotopic (exact) mass is 342 g/mol. The second kappa shape index (κ2) is 6.29. The highest BCUT2D eigenvalue weighted by molar-refractivity contribution is 7.91. The number of nitrogens with two attached hydrogens (primary N) is 1. The number of hydrogen-bond acceptors (Lipinski definition) is 4. The quantitative estimate of drug-likeness (QED) is 0.863. The second-order valence-electron chi connectivity index (χ2n) is 6.33. The summed E-state index contributed by atoms with van der Waals surface area (Å²) in [5.74, 6) is -0.0728. The van der Waals surface area contributed by atoms with Crippen LogP contribution in [0.15, 0.2) is 15.7 Å². The van der Waals surface area contributed by atoms with Crippen molar-refractivity contribution in [3.63, 3.8) is 0 Å². The van der Waals surface area contributed by atoms with Gasteiger partial charge in [0.1, 0.15) is 4.21 Å². The number of primary amides is 1. The van der Waals surface area contributed by atoms with Gasteiger partial charge in [0.15, 0.2) is 0 Å². The van der Waals surface area contributed by atoms with E-state index in [0.717, 1.165) is 49.9 Å². The van der Waals surface area contributed by atoms with Gasteiger partial charge in [-0.1, -0.05) is 19.3 Å². The van der Waals surface area contributed by atoms with E-state index in [1.165, 1.54) is 17.9 Å². The lowest BCUT2D eigenvalue weighted by molar-refractivity contribution is 0.100. The van der Waals surface area contributed by atoms with Crippen LogP contribution in [0.1, 0.15) is 55.3 Å². The smallest absolute Gasteiger partial charge is 0.252 e. The van der Waals surface area contributed by atoms with Crippen LogP contribution in [0.5, 0.6) is 0 Å². The lowest BCUT2D eigenvalue weighted by Crippen LogP contribution is -2.42. The molecule has 0 spiro atoms. The lowest BCUT2D eigenvalue weighted by Gasteiger charge is -2.33. The van der Waals surface area contributed by atoms with Gasteiger partial charge in [0.05, 0.1) is 5.56 Å². The van der Waals surface area contributed by atoms with Crippen LogP contribution < -0.4 is 5.73 Å². The number of thiophene rings is 1. The Morgan fingerprint density at radius 1 is 1.23 bits per heavy atom. The first-order chi connectivity index (χ1) is 10.5. The maximum absolute atomic E-state index is 13.0. The van der Waals surface area contributed by atoms with Crippen molar-refractivity contribution >= 4 is 27.3 Å². The Labute approximate surface area is 135 Å². The fourth-order valence-corrected chi connectivity index (χ4v) is 6.12. The first-order valence-corrected chi connectivity index (χ1v) is 10.2. The minimum absolute atomic E-state index is 0.110. The number of hydrogen-bond donors (Lipinski definition) is 1. The first-order valence-electron chi connectivity index (χ1n) is 7.88. The molecule has 2 fully saturated rings. The van der Waals surface area contributed by atoms with Crippen molar-refractivity contribution in [2.24, 2.45) is 11.7 Å². The third kappa shape index (κ3) is 3.36. The molecular formula is C15H22N2O3S2.